The van der Waals surface area contributed by atoms with Gasteiger partial charge in [0.25, 0.3) is 5.91 Å². The van der Waals surface area contributed by atoms with Crippen molar-refractivity contribution in [3.63, 3.8) is 0 Å². The molecule has 0 aliphatic rings. The molecule has 0 aliphatic carbocycles. The van der Waals surface area contributed by atoms with Gasteiger partial charge >= 0.3 is 0 Å². The van der Waals surface area contributed by atoms with Crippen LogP contribution in [-0.2, 0) is 4.79 Å². The molecule has 0 heterocycles. The molecule has 6 heteroatoms. The number of aryl methyl sites for hydroxylation is 1. The lowest BCUT2D eigenvalue weighted by molar-refractivity contribution is -0.121. The van der Waals surface area contributed by atoms with E-state index in [0.29, 0.717) is 11.3 Å². The summed E-state index contributed by atoms with van der Waals surface area (Å²) >= 11 is 0. The Hall–Kier alpha value is -3.02. The van der Waals surface area contributed by atoms with Crippen molar-refractivity contribution in [2.45, 2.75) is 19.9 Å². The van der Waals surface area contributed by atoms with Crippen LogP contribution in [-0.4, -0.2) is 30.4 Å². The van der Waals surface area contributed by atoms with Crippen LogP contribution in [0.2, 0.25) is 0 Å². The molecule has 1 amide bonds. The van der Waals surface area contributed by atoms with Gasteiger partial charge < -0.3 is 15.2 Å². The molecule has 0 saturated carbocycles. The highest BCUT2D eigenvalue weighted by Crippen LogP contribution is 2.20. The number of benzene rings is 2. The molecule has 1 atom stereocenters. The van der Waals surface area contributed by atoms with Gasteiger partial charge in [0.2, 0.25) is 0 Å². The van der Waals surface area contributed by atoms with Crippen molar-refractivity contribution in [3.05, 3.63) is 53.6 Å². The summed E-state index contributed by atoms with van der Waals surface area (Å²) in [6.07, 6.45) is 1.37. The fourth-order valence-electron chi connectivity index (χ4n) is 2.08. The number of methoxy groups -OCH3 is 1. The summed E-state index contributed by atoms with van der Waals surface area (Å²) in [6.45, 7) is 3.73. The summed E-state index contributed by atoms with van der Waals surface area (Å²) in [6, 6.07) is 12.1. The summed E-state index contributed by atoms with van der Waals surface area (Å²) < 4.78 is 5.08. The van der Waals surface area contributed by atoms with E-state index in [9.17, 15) is 9.90 Å². The van der Waals surface area contributed by atoms with Crippen LogP contribution in [0.4, 0.5) is 5.69 Å². The van der Waals surface area contributed by atoms with Crippen molar-refractivity contribution in [1.29, 1.82) is 0 Å². The summed E-state index contributed by atoms with van der Waals surface area (Å²) in [5, 5.41) is 16.7. The molecule has 0 aliphatic heterocycles. The Kier molecular flexibility index (Phi) is 5.78. The van der Waals surface area contributed by atoms with Gasteiger partial charge in [0, 0.05) is 11.3 Å². The van der Waals surface area contributed by atoms with E-state index < -0.39 is 6.04 Å². The van der Waals surface area contributed by atoms with Crippen LogP contribution in [0.15, 0.2) is 47.6 Å². The van der Waals surface area contributed by atoms with Gasteiger partial charge in [0.15, 0.2) is 0 Å². The molecule has 3 N–H and O–H groups in total. The second kappa shape index (κ2) is 8.01. The molecule has 2 rings (SSSR count). The maximum absolute atomic E-state index is 12.1. The van der Waals surface area contributed by atoms with Gasteiger partial charge in [0.1, 0.15) is 17.5 Å². The maximum Gasteiger partial charge on any atom is 0.262 e. The predicted molar refractivity (Wildman–Crippen MR) is 94.7 cm³/mol. The first kappa shape index (κ1) is 17.3. The monoisotopic (exact) mass is 327 g/mol. The largest absolute Gasteiger partial charge is 0.507 e. The number of hydrogen-bond donors (Lipinski definition) is 3. The second-order valence-electron chi connectivity index (χ2n) is 5.39. The Bertz CT molecular complexity index is 744. The Balaban J connectivity index is 1.94. The number of rotatable bonds is 6. The number of phenolic OH excluding ortho intramolecular Hbond substituents is 1. The summed E-state index contributed by atoms with van der Waals surface area (Å²) in [5.74, 6) is 0.366. The van der Waals surface area contributed by atoms with E-state index in [1.54, 1.807) is 19.1 Å². The predicted octanol–water partition coefficient (Wildman–Crippen LogP) is 2.66. The molecule has 0 bridgehead atoms. The van der Waals surface area contributed by atoms with Gasteiger partial charge in [-0.3, -0.25) is 4.79 Å². The smallest absolute Gasteiger partial charge is 0.262 e. The minimum absolute atomic E-state index is 0.0553. The molecular weight excluding hydrogens is 306 g/mol. The molecule has 2 aromatic rings. The number of phenols is 1. The first-order chi connectivity index (χ1) is 11.5. The van der Waals surface area contributed by atoms with Gasteiger partial charge in [-0.15, -0.1) is 0 Å². The highest BCUT2D eigenvalue weighted by molar-refractivity contribution is 5.88. The third kappa shape index (κ3) is 4.74. The molecule has 0 aromatic heterocycles. The minimum atomic E-state index is -0.456. The molecule has 6 nitrogen and oxygen atoms in total. The average molecular weight is 327 g/mol. The first-order valence-electron chi connectivity index (χ1n) is 7.52. The zero-order valence-electron chi connectivity index (χ0n) is 13.9. The number of hydrogen-bond acceptors (Lipinski definition) is 5. The van der Waals surface area contributed by atoms with Gasteiger partial charge in [-0.2, -0.15) is 5.10 Å². The molecule has 2 aromatic carbocycles. The van der Waals surface area contributed by atoms with Crippen LogP contribution < -0.4 is 15.5 Å². The van der Waals surface area contributed by atoms with E-state index in [-0.39, 0.29) is 11.7 Å². The van der Waals surface area contributed by atoms with Crippen LogP contribution in [0.5, 0.6) is 11.5 Å². The van der Waals surface area contributed by atoms with Crippen molar-refractivity contribution < 1.29 is 14.6 Å². The van der Waals surface area contributed by atoms with Crippen LogP contribution in [0, 0.1) is 6.92 Å². The molecule has 0 spiro atoms. The topological polar surface area (TPSA) is 83.0 Å². The van der Waals surface area contributed by atoms with Crippen LogP contribution in [0.3, 0.4) is 0 Å². The number of nitrogens with one attached hydrogen (secondary N) is 2. The minimum Gasteiger partial charge on any atom is -0.507 e. The highest BCUT2D eigenvalue weighted by atomic mass is 16.5. The van der Waals surface area contributed by atoms with Crippen LogP contribution in [0.1, 0.15) is 18.1 Å². The van der Waals surface area contributed by atoms with Crippen molar-refractivity contribution in [1.82, 2.24) is 5.43 Å². The lowest BCUT2D eigenvalue weighted by atomic mass is 10.2. The SMILES string of the molecule is COc1ccc(O)c(/C=N/NC(=O)[C@H](C)Nc2cccc(C)c2)c1. The van der Waals surface area contributed by atoms with Gasteiger partial charge in [-0.25, -0.2) is 5.43 Å². The van der Waals surface area contributed by atoms with Gasteiger partial charge in [-0.1, -0.05) is 12.1 Å². The average Bonchev–Trinajstić information content (AvgIpc) is 2.56. The summed E-state index contributed by atoms with van der Waals surface area (Å²) in [7, 11) is 1.54. The number of amides is 1. The molecular formula is C18H21N3O3. The maximum atomic E-state index is 12.1. The molecule has 0 fully saturated rings. The molecule has 126 valence electrons. The first-order valence-corrected chi connectivity index (χ1v) is 7.52. The summed E-state index contributed by atoms with van der Waals surface area (Å²) in [5.41, 5.74) is 4.88. The second-order valence-corrected chi connectivity index (χ2v) is 5.39. The Morgan fingerprint density at radius 1 is 1.29 bits per heavy atom. The van der Waals surface area contributed by atoms with E-state index in [4.69, 9.17) is 4.74 Å². The normalized spacial score (nSPS) is 12.0. The van der Waals surface area contributed by atoms with E-state index in [1.165, 1.54) is 19.4 Å². The van der Waals surface area contributed by atoms with E-state index in [1.807, 2.05) is 31.2 Å². The fourth-order valence-corrected chi connectivity index (χ4v) is 2.08. The molecule has 0 radical (unpaired) electrons. The van der Waals surface area contributed by atoms with Gasteiger partial charge in [-0.05, 0) is 49.7 Å². The number of hydrazone groups is 1. The quantitative estimate of drug-likeness (QED) is 0.563. The third-order valence-corrected chi connectivity index (χ3v) is 3.41. The zero-order valence-corrected chi connectivity index (χ0v) is 13.9. The highest BCUT2D eigenvalue weighted by Gasteiger charge is 2.11. The Morgan fingerprint density at radius 2 is 2.08 bits per heavy atom. The summed E-state index contributed by atoms with van der Waals surface area (Å²) in [4.78, 5) is 12.1. The third-order valence-electron chi connectivity index (χ3n) is 3.41. The zero-order chi connectivity index (χ0) is 17.5. The number of anilines is 1. The van der Waals surface area contributed by atoms with Crippen molar-refractivity contribution in [2.75, 3.05) is 12.4 Å². The number of aromatic hydroxyl groups is 1. The lowest BCUT2D eigenvalue weighted by Gasteiger charge is -2.13. The fraction of sp³-hybridized carbons (Fsp3) is 0.222. The van der Waals surface area contributed by atoms with E-state index >= 15 is 0 Å². The lowest BCUT2D eigenvalue weighted by Crippen LogP contribution is -2.34. The molecule has 0 unspecified atom stereocenters. The number of carbonyl (C=O) groups is 1. The van der Waals surface area contributed by atoms with Crippen molar-refractivity contribution in [2.24, 2.45) is 5.10 Å². The molecule has 24 heavy (non-hydrogen) atoms. The van der Waals surface area contributed by atoms with Crippen LogP contribution >= 0.6 is 0 Å². The van der Waals surface area contributed by atoms with Crippen LogP contribution in [0.25, 0.3) is 0 Å². The number of ether oxygens (including phenoxy) is 1. The van der Waals surface area contributed by atoms with Crippen molar-refractivity contribution in [3.8, 4) is 11.5 Å². The van der Waals surface area contributed by atoms with E-state index in [0.717, 1.165) is 11.3 Å². The Labute approximate surface area is 141 Å². The van der Waals surface area contributed by atoms with Gasteiger partial charge in [0.05, 0.1) is 13.3 Å². The number of carbonyl (C=O) groups excluding carboxylic acids is 1. The number of nitrogens with zero attached hydrogens (tertiary/aromatic N) is 1. The Morgan fingerprint density at radius 3 is 2.79 bits per heavy atom. The standard InChI is InChI=1S/C18H21N3O3/c1-12-5-4-6-15(9-12)20-13(2)18(23)21-19-11-14-10-16(24-3)7-8-17(14)22/h4-11,13,20,22H,1-3H3,(H,21,23)/b19-11+/t13-/m0/s1. The van der Waals surface area contributed by atoms with Crippen molar-refractivity contribution >= 4 is 17.8 Å². The molecule has 0 saturated heterocycles. The van der Waals surface area contributed by atoms with E-state index in [2.05, 4.69) is 15.8 Å².